The zero-order chi connectivity index (χ0) is 19.6. The average molecular weight is 378 g/mol. The third-order valence-corrected chi connectivity index (χ3v) is 4.29. The summed E-state index contributed by atoms with van der Waals surface area (Å²) in [4.78, 5) is 3.67. The minimum absolute atomic E-state index is 0.120. The van der Waals surface area contributed by atoms with Gasteiger partial charge in [-0.05, 0) is 35.7 Å². The molecule has 1 atom stereocenters. The summed E-state index contributed by atoms with van der Waals surface area (Å²) in [6.45, 7) is 3.77. The molecule has 3 rings (SSSR count). The SMILES string of the molecule is CC(C)c1ccc(OCC(O)Cn2c(C(F)(F)F)nc3ccccc32)cc1. The molecule has 0 amide bonds. The number of hydrogen-bond donors (Lipinski definition) is 1. The van der Waals surface area contributed by atoms with Crippen LogP contribution in [-0.2, 0) is 12.7 Å². The standard InChI is InChI=1S/C20H21F3N2O2/c1-13(2)14-7-9-16(10-8-14)27-12-15(26)11-25-18-6-4-3-5-17(18)24-19(25)20(21,22)23/h3-10,13,15,26H,11-12H2,1-2H3. The van der Waals surface area contributed by atoms with E-state index in [-0.39, 0.29) is 18.7 Å². The van der Waals surface area contributed by atoms with Crippen LogP contribution < -0.4 is 4.74 Å². The van der Waals surface area contributed by atoms with Gasteiger partial charge in [0.05, 0.1) is 17.6 Å². The van der Waals surface area contributed by atoms with Gasteiger partial charge in [0.15, 0.2) is 0 Å². The Morgan fingerprint density at radius 2 is 1.74 bits per heavy atom. The molecule has 0 aliphatic heterocycles. The first-order chi connectivity index (χ1) is 12.8. The second kappa shape index (κ2) is 7.60. The van der Waals surface area contributed by atoms with Crippen LogP contribution >= 0.6 is 0 Å². The van der Waals surface area contributed by atoms with E-state index in [2.05, 4.69) is 18.8 Å². The third-order valence-electron chi connectivity index (χ3n) is 4.29. The Morgan fingerprint density at radius 1 is 1.07 bits per heavy atom. The van der Waals surface area contributed by atoms with E-state index >= 15 is 0 Å². The molecule has 0 fully saturated rings. The fourth-order valence-corrected chi connectivity index (χ4v) is 2.88. The summed E-state index contributed by atoms with van der Waals surface area (Å²) >= 11 is 0. The molecule has 0 saturated carbocycles. The number of rotatable bonds is 6. The van der Waals surface area contributed by atoms with Crippen LogP contribution in [0, 0.1) is 0 Å². The van der Waals surface area contributed by atoms with Crippen molar-refractivity contribution in [1.82, 2.24) is 9.55 Å². The maximum Gasteiger partial charge on any atom is 0.449 e. The second-order valence-corrected chi connectivity index (χ2v) is 6.72. The van der Waals surface area contributed by atoms with Crippen molar-refractivity contribution in [2.24, 2.45) is 0 Å². The molecular formula is C20H21F3N2O2. The van der Waals surface area contributed by atoms with Crippen molar-refractivity contribution in [2.75, 3.05) is 6.61 Å². The maximum atomic E-state index is 13.3. The van der Waals surface area contributed by atoms with Crippen molar-refractivity contribution in [3.05, 3.63) is 59.9 Å². The van der Waals surface area contributed by atoms with E-state index in [0.29, 0.717) is 17.2 Å². The molecule has 0 saturated heterocycles. The summed E-state index contributed by atoms with van der Waals surface area (Å²) in [7, 11) is 0. The highest BCUT2D eigenvalue weighted by Gasteiger charge is 2.37. The number of para-hydroxylation sites is 2. The van der Waals surface area contributed by atoms with Crippen molar-refractivity contribution in [1.29, 1.82) is 0 Å². The number of aliphatic hydroxyl groups is 1. The van der Waals surface area contributed by atoms with Crippen LogP contribution in [0.2, 0.25) is 0 Å². The molecule has 0 aliphatic carbocycles. The lowest BCUT2D eigenvalue weighted by Gasteiger charge is -2.17. The number of hydrogen-bond acceptors (Lipinski definition) is 3. The third kappa shape index (κ3) is 4.42. The lowest BCUT2D eigenvalue weighted by molar-refractivity contribution is -0.147. The molecule has 0 bridgehead atoms. The molecule has 1 aromatic heterocycles. The lowest BCUT2D eigenvalue weighted by atomic mass is 10.0. The predicted molar refractivity (Wildman–Crippen MR) is 96.8 cm³/mol. The Kier molecular flexibility index (Phi) is 5.41. The highest BCUT2D eigenvalue weighted by molar-refractivity contribution is 5.76. The fraction of sp³-hybridized carbons (Fsp3) is 0.350. The molecule has 0 spiro atoms. The van der Waals surface area contributed by atoms with E-state index in [0.717, 1.165) is 10.1 Å². The van der Waals surface area contributed by atoms with E-state index < -0.39 is 18.1 Å². The van der Waals surface area contributed by atoms with Crippen molar-refractivity contribution < 1.29 is 23.0 Å². The fourth-order valence-electron chi connectivity index (χ4n) is 2.88. The van der Waals surface area contributed by atoms with Crippen LogP contribution in [0.15, 0.2) is 48.5 Å². The first-order valence-electron chi connectivity index (χ1n) is 8.69. The predicted octanol–water partition coefficient (Wildman–Crippen LogP) is 4.62. The smallest absolute Gasteiger partial charge is 0.449 e. The van der Waals surface area contributed by atoms with Crippen LogP contribution in [0.1, 0.15) is 31.2 Å². The highest BCUT2D eigenvalue weighted by atomic mass is 19.4. The molecule has 144 valence electrons. The number of imidazole rings is 1. The van der Waals surface area contributed by atoms with Gasteiger partial charge in [0.1, 0.15) is 18.5 Å². The molecule has 0 aliphatic rings. The molecule has 1 unspecified atom stereocenters. The van der Waals surface area contributed by atoms with Gasteiger partial charge in [0.2, 0.25) is 5.82 Å². The van der Waals surface area contributed by atoms with Crippen LogP contribution in [0.3, 0.4) is 0 Å². The van der Waals surface area contributed by atoms with Crippen LogP contribution in [0.5, 0.6) is 5.75 Å². The van der Waals surface area contributed by atoms with Crippen molar-refractivity contribution in [2.45, 2.75) is 38.6 Å². The molecule has 4 nitrogen and oxygen atoms in total. The quantitative estimate of drug-likeness (QED) is 0.681. The largest absolute Gasteiger partial charge is 0.491 e. The Bertz CT molecular complexity index is 902. The van der Waals surface area contributed by atoms with Gasteiger partial charge < -0.3 is 14.4 Å². The Morgan fingerprint density at radius 3 is 2.37 bits per heavy atom. The summed E-state index contributed by atoms with van der Waals surface area (Å²) in [5.41, 5.74) is 1.72. The number of aliphatic hydroxyl groups excluding tert-OH is 1. The summed E-state index contributed by atoms with van der Waals surface area (Å²) < 4.78 is 46.4. The van der Waals surface area contributed by atoms with Crippen LogP contribution in [-0.4, -0.2) is 27.4 Å². The second-order valence-electron chi connectivity index (χ2n) is 6.72. The molecule has 27 heavy (non-hydrogen) atoms. The summed E-state index contributed by atoms with van der Waals surface area (Å²) in [6.07, 6.45) is -5.72. The van der Waals surface area contributed by atoms with Crippen molar-refractivity contribution in [3.8, 4) is 5.75 Å². The lowest BCUT2D eigenvalue weighted by Crippen LogP contribution is -2.26. The van der Waals surface area contributed by atoms with Gasteiger partial charge in [-0.1, -0.05) is 38.1 Å². The maximum absolute atomic E-state index is 13.3. The first-order valence-corrected chi connectivity index (χ1v) is 8.69. The van der Waals surface area contributed by atoms with Crippen molar-refractivity contribution in [3.63, 3.8) is 0 Å². The number of halogens is 3. The van der Waals surface area contributed by atoms with E-state index in [4.69, 9.17) is 4.74 Å². The summed E-state index contributed by atoms with van der Waals surface area (Å²) in [6, 6.07) is 13.8. The molecule has 2 aromatic carbocycles. The minimum atomic E-state index is -4.60. The van der Waals surface area contributed by atoms with Gasteiger partial charge in [-0.2, -0.15) is 13.2 Å². The number of aromatic nitrogens is 2. The van der Waals surface area contributed by atoms with Crippen LogP contribution in [0.25, 0.3) is 11.0 Å². The van der Waals surface area contributed by atoms with E-state index in [9.17, 15) is 18.3 Å². The first kappa shape index (κ1) is 19.2. The zero-order valence-electron chi connectivity index (χ0n) is 15.1. The Labute approximate surface area is 155 Å². The van der Waals surface area contributed by atoms with Gasteiger partial charge >= 0.3 is 6.18 Å². The monoisotopic (exact) mass is 378 g/mol. The van der Waals surface area contributed by atoms with Crippen LogP contribution in [0.4, 0.5) is 13.2 Å². The highest BCUT2D eigenvalue weighted by Crippen LogP contribution is 2.31. The van der Waals surface area contributed by atoms with E-state index in [1.54, 1.807) is 30.3 Å². The number of nitrogens with zero attached hydrogens (tertiary/aromatic N) is 2. The molecule has 1 heterocycles. The Balaban J connectivity index is 1.73. The number of ether oxygens (including phenoxy) is 1. The summed E-state index contributed by atoms with van der Waals surface area (Å²) in [5, 5.41) is 10.2. The summed E-state index contributed by atoms with van der Waals surface area (Å²) in [5.74, 6) is -0.0750. The van der Waals surface area contributed by atoms with E-state index in [1.807, 2.05) is 12.1 Å². The number of benzene rings is 2. The van der Waals surface area contributed by atoms with Gasteiger partial charge in [-0.3, -0.25) is 0 Å². The molecule has 7 heteroatoms. The van der Waals surface area contributed by atoms with Gasteiger partial charge in [0, 0.05) is 0 Å². The Hall–Kier alpha value is -2.54. The van der Waals surface area contributed by atoms with Crippen molar-refractivity contribution >= 4 is 11.0 Å². The molecule has 1 N–H and O–H groups in total. The number of fused-ring (bicyclic) bond motifs is 1. The van der Waals surface area contributed by atoms with E-state index in [1.165, 1.54) is 6.07 Å². The zero-order valence-corrected chi connectivity index (χ0v) is 15.1. The molecule has 0 radical (unpaired) electrons. The molecule has 3 aromatic rings. The van der Waals surface area contributed by atoms with Gasteiger partial charge in [0.25, 0.3) is 0 Å². The molecular weight excluding hydrogens is 357 g/mol. The topological polar surface area (TPSA) is 47.3 Å². The number of alkyl halides is 3. The minimum Gasteiger partial charge on any atom is -0.491 e. The van der Waals surface area contributed by atoms with Gasteiger partial charge in [-0.15, -0.1) is 0 Å². The normalized spacial score (nSPS) is 13.3. The van der Waals surface area contributed by atoms with Gasteiger partial charge in [-0.25, -0.2) is 4.98 Å². The average Bonchev–Trinajstić information content (AvgIpc) is 2.99.